The van der Waals surface area contributed by atoms with Crippen molar-refractivity contribution >= 4 is 5.78 Å². The van der Waals surface area contributed by atoms with E-state index >= 15 is 0 Å². The molecule has 0 radical (unpaired) electrons. The second kappa shape index (κ2) is 6.18. The van der Waals surface area contributed by atoms with E-state index in [9.17, 15) is 4.79 Å². The minimum atomic E-state index is 0.245. The van der Waals surface area contributed by atoms with E-state index in [-0.39, 0.29) is 6.04 Å². The Kier molecular flexibility index (Phi) is 5.16. The molecule has 2 heteroatoms. The van der Waals surface area contributed by atoms with Gasteiger partial charge in [0.15, 0.2) is 0 Å². The fraction of sp³-hybridized carbons (Fsp3) is 0.917. The van der Waals surface area contributed by atoms with Crippen LogP contribution in [0.3, 0.4) is 0 Å². The van der Waals surface area contributed by atoms with Crippen LogP contribution < -0.4 is 5.73 Å². The second-order valence-electron chi connectivity index (χ2n) is 4.76. The zero-order valence-electron chi connectivity index (χ0n) is 9.30. The molecule has 0 aromatic heterocycles. The van der Waals surface area contributed by atoms with Crippen LogP contribution in [0.5, 0.6) is 0 Å². The normalized spacial score (nSPS) is 19.9. The Labute approximate surface area is 87.2 Å². The van der Waals surface area contributed by atoms with E-state index in [2.05, 4.69) is 0 Å². The van der Waals surface area contributed by atoms with Crippen LogP contribution in [0.25, 0.3) is 0 Å². The summed E-state index contributed by atoms with van der Waals surface area (Å²) in [6.07, 6.45) is 8.75. The molecule has 0 saturated heterocycles. The maximum absolute atomic E-state index is 11.5. The third-order valence-electron chi connectivity index (χ3n) is 3.11. The number of carbonyl (C=O) groups is 1. The minimum absolute atomic E-state index is 0.245. The Morgan fingerprint density at radius 1 is 1.43 bits per heavy atom. The summed E-state index contributed by atoms with van der Waals surface area (Å²) in [4.78, 5) is 11.5. The average Bonchev–Trinajstić information content (AvgIpc) is 2.56. The van der Waals surface area contributed by atoms with Crippen molar-refractivity contribution in [2.45, 2.75) is 64.3 Å². The van der Waals surface area contributed by atoms with Crippen LogP contribution in [0.15, 0.2) is 0 Å². The zero-order valence-corrected chi connectivity index (χ0v) is 9.30. The summed E-state index contributed by atoms with van der Waals surface area (Å²) < 4.78 is 0. The zero-order chi connectivity index (χ0) is 10.4. The van der Waals surface area contributed by atoms with Gasteiger partial charge in [0.05, 0.1) is 0 Å². The molecular formula is C12H23NO. The summed E-state index contributed by atoms with van der Waals surface area (Å²) in [6, 6.07) is 0.245. The predicted molar refractivity (Wildman–Crippen MR) is 59.1 cm³/mol. The monoisotopic (exact) mass is 197 g/mol. The molecule has 0 aliphatic heterocycles. The highest BCUT2D eigenvalue weighted by Crippen LogP contribution is 2.28. The molecule has 2 nitrogen and oxygen atoms in total. The summed E-state index contributed by atoms with van der Waals surface area (Å²) in [6.45, 7) is 2.00. The highest BCUT2D eigenvalue weighted by atomic mass is 16.1. The van der Waals surface area contributed by atoms with Gasteiger partial charge in [0, 0.05) is 18.9 Å². The smallest absolute Gasteiger partial charge is 0.133 e. The summed E-state index contributed by atoms with van der Waals surface area (Å²) >= 11 is 0. The van der Waals surface area contributed by atoms with Gasteiger partial charge < -0.3 is 5.73 Å². The molecule has 0 amide bonds. The van der Waals surface area contributed by atoms with Crippen LogP contribution in [0.4, 0.5) is 0 Å². The van der Waals surface area contributed by atoms with Crippen LogP contribution in [-0.4, -0.2) is 11.8 Å². The van der Waals surface area contributed by atoms with Gasteiger partial charge in [0.1, 0.15) is 5.78 Å². The maximum Gasteiger partial charge on any atom is 0.133 e. The number of carbonyl (C=O) groups excluding carboxylic acids is 1. The second-order valence-corrected chi connectivity index (χ2v) is 4.76. The van der Waals surface area contributed by atoms with Crippen LogP contribution in [0.2, 0.25) is 0 Å². The Morgan fingerprint density at radius 3 is 2.64 bits per heavy atom. The molecule has 2 N–H and O–H groups in total. The Bertz CT molecular complexity index is 171. The first-order chi connectivity index (χ1) is 6.68. The van der Waals surface area contributed by atoms with Gasteiger partial charge >= 0.3 is 0 Å². The summed E-state index contributed by atoms with van der Waals surface area (Å²) in [5, 5.41) is 0. The topological polar surface area (TPSA) is 43.1 Å². The third-order valence-corrected chi connectivity index (χ3v) is 3.11. The molecule has 0 heterocycles. The van der Waals surface area contributed by atoms with Crippen molar-refractivity contribution in [2.24, 2.45) is 11.7 Å². The number of hydrogen-bond donors (Lipinski definition) is 1. The minimum Gasteiger partial charge on any atom is -0.328 e. The van der Waals surface area contributed by atoms with Crippen molar-refractivity contribution in [2.75, 3.05) is 0 Å². The molecule has 0 bridgehead atoms. The Balaban J connectivity index is 2.03. The van der Waals surface area contributed by atoms with Crippen molar-refractivity contribution in [3.8, 4) is 0 Å². The lowest BCUT2D eigenvalue weighted by molar-refractivity contribution is -0.120. The molecule has 1 saturated carbocycles. The first-order valence-corrected chi connectivity index (χ1v) is 5.95. The van der Waals surface area contributed by atoms with E-state index in [0.717, 1.165) is 25.7 Å². The molecule has 1 fully saturated rings. The molecule has 1 aliphatic carbocycles. The molecule has 1 aliphatic rings. The van der Waals surface area contributed by atoms with Gasteiger partial charge in [-0.05, 0) is 25.7 Å². The van der Waals surface area contributed by atoms with Crippen LogP contribution in [0.1, 0.15) is 58.3 Å². The summed E-state index contributed by atoms with van der Waals surface area (Å²) in [7, 11) is 0. The molecule has 0 aromatic carbocycles. The van der Waals surface area contributed by atoms with E-state index in [0.29, 0.717) is 11.7 Å². The lowest BCUT2D eigenvalue weighted by Crippen LogP contribution is -2.15. The molecule has 1 unspecified atom stereocenters. The predicted octanol–water partition coefficient (Wildman–Crippen LogP) is 2.65. The van der Waals surface area contributed by atoms with Crippen LogP contribution in [-0.2, 0) is 4.79 Å². The van der Waals surface area contributed by atoms with E-state index in [1.165, 1.54) is 25.7 Å². The highest BCUT2D eigenvalue weighted by molar-refractivity contribution is 5.78. The first-order valence-electron chi connectivity index (χ1n) is 5.95. The highest BCUT2D eigenvalue weighted by Gasteiger charge is 2.17. The fourth-order valence-electron chi connectivity index (χ4n) is 2.26. The molecule has 1 rings (SSSR count). The van der Waals surface area contributed by atoms with Crippen LogP contribution in [0, 0.1) is 5.92 Å². The molecular weight excluding hydrogens is 174 g/mol. The molecule has 14 heavy (non-hydrogen) atoms. The van der Waals surface area contributed by atoms with Gasteiger partial charge in [-0.1, -0.05) is 25.7 Å². The number of Topliss-reactive ketones (excluding diaryl/α,β-unsaturated/α-hetero) is 1. The van der Waals surface area contributed by atoms with Gasteiger partial charge in [-0.15, -0.1) is 0 Å². The van der Waals surface area contributed by atoms with Crippen molar-refractivity contribution in [1.82, 2.24) is 0 Å². The fourth-order valence-corrected chi connectivity index (χ4v) is 2.26. The van der Waals surface area contributed by atoms with Gasteiger partial charge in [0.2, 0.25) is 0 Å². The lowest BCUT2D eigenvalue weighted by Gasteiger charge is -2.08. The molecule has 82 valence electrons. The van der Waals surface area contributed by atoms with Crippen molar-refractivity contribution in [1.29, 1.82) is 0 Å². The van der Waals surface area contributed by atoms with E-state index in [4.69, 9.17) is 5.73 Å². The number of rotatable bonds is 6. The van der Waals surface area contributed by atoms with Gasteiger partial charge in [-0.3, -0.25) is 4.79 Å². The summed E-state index contributed by atoms with van der Waals surface area (Å²) in [5.74, 6) is 1.16. The van der Waals surface area contributed by atoms with Gasteiger partial charge in [-0.2, -0.15) is 0 Å². The summed E-state index contributed by atoms with van der Waals surface area (Å²) in [5.41, 5.74) is 5.63. The van der Waals surface area contributed by atoms with E-state index in [1.54, 1.807) is 0 Å². The van der Waals surface area contributed by atoms with Gasteiger partial charge in [0.25, 0.3) is 0 Å². The number of nitrogens with two attached hydrogens (primary N) is 1. The van der Waals surface area contributed by atoms with Crippen LogP contribution >= 0.6 is 0 Å². The van der Waals surface area contributed by atoms with Crippen molar-refractivity contribution in [3.05, 3.63) is 0 Å². The lowest BCUT2D eigenvalue weighted by atomic mass is 9.98. The SMILES string of the molecule is CC(N)CCCC(=O)CC1CCCC1. The molecule has 1 atom stereocenters. The largest absolute Gasteiger partial charge is 0.328 e. The maximum atomic E-state index is 11.5. The number of hydrogen-bond acceptors (Lipinski definition) is 2. The standard InChI is InChI=1S/C12H23NO/c1-10(13)5-4-8-12(14)9-11-6-2-3-7-11/h10-11H,2-9,13H2,1H3. The quantitative estimate of drug-likeness (QED) is 0.711. The van der Waals surface area contributed by atoms with E-state index in [1.807, 2.05) is 6.92 Å². The third kappa shape index (κ3) is 4.75. The van der Waals surface area contributed by atoms with Crippen molar-refractivity contribution in [3.63, 3.8) is 0 Å². The van der Waals surface area contributed by atoms with E-state index < -0.39 is 0 Å². The van der Waals surface area contributed by atoms with Crippen molar-refractivity contribution < 1.29 is 4.79 Å². The molecule has 0 spiro atoms. The van der Waals surface area contributed by atoms with Gasteiger partial charge in [-0.25, -0.2) is 0 Å². The Morgan fingerprint density at radius 2 is 2.07 bits per heavy atom. The first kappa shape index (κ1) is 11.7. The molecule has 0 aromatic rings. The Hall–Kier alpha value is -0.370. The average molecular weight is 197 g/mol. The number of ketones is 1.